The molecule has 1 aliphatic heterocycles. The van der Waals surface area contributed by atoms with Gasteiger partial charge in [0.1, 0.15) is 16.3 Å². The zero-order valence-corrected chi connectivity index (χ0v) is 19.3. The van der Waals surface area contributed by atoms with E-state index in [1.165, 1.54) is 16.2 Å². The lowest BCUT2D eigenvalue weighted by Gasteiger charge is -2.22. The highest BCUT2D eigenvalue weighted by Crippen LogP contribution is 2.43. The standard InChI is InChI=1S/C24H21N5O3S/c1-12-7-9-16(10-8-12)19-17(21(31)23(32)29(19)24-27-26-15(4)33-24)20(30)18-14(3)28-11-5-6-13(2)22(28)25-18/h5-11,19,30H,1-4H3. The van der Waals surface area contributed by atoms with Crippen molar-refractivity contribution >= 4 is 39.6 Å². The van der Waals surface area contributed by atoms with Crippen LogP contribution in [0.3, 0.4) is 0 Å². The number of aromatic nitrogens is 4. The predicted octanol–water partition coefficient (Wildman–Crippen LogP) is 4.05. The number of hydrogen-bond acceptors (Lipinski definition) is 7. The van der Waals surface area contributed by atoms with Crippen LogP contribution in [0, 0.1) is 27.7 Å². The first kappa shape index (κ1) is 21.0. The average molecular weight is 460 g/mol. The number of carbonyl (C=O) groups excluding carboxylic acids is 2. The summed E-state index contributed by atoms with van der Waals surface area (Å²) in [5.74, 6) is -1.83. The number of hydrogen-bond donors (Lipinski definition) is 1. The smallest absolute Gasteiger partial charge is 0.301 e. The molecule has 0 saturated carbocycles. The second-order valence-corrected chi connectivity index (χ2v) is 9.27. The number of pyridine rings is 1. The normalized spacial score (nSPS) is 17.9. The van der Waals surface area contributed by atoms with E-state index < -0.39 is 17.7 Å². The molecule has 1 aromatic carbocycles. The number of nitrogens with zero attached hydrogens (tertiary/aromatic N) is 5. The molecule has 1 unspecified atom stereocenters. The Bertz CT molecular complexity index is 1470. The van der Waals surface area contributed by atoms with Crippen molar-refractivity contribution < 1.29 is 14.7 Å². The monoisotopic (exact) mass is 459 g/mol. The van der Waals surface area contributed by atoms with Crippen molar-refractivity contribution in [2.75, 3.05) is 4.90 Å². The fourth-order valence-corrected chi connectivity index (χ4v) is 4.87. The third-order valence-corrected chi connectivity index (χ3v) is 6.71. The molecule has 166 valence electrons. The Morgan fingerprint density at radius 1 is 1.03 bits per heavy atom. The summed E-state index contributed by atoms with van der Waals surface area (Å²) < 4.78 is 1.86. The Labute approximate surface area is 193 Å². The summed E-state index contributed by atoms with van der Waals surface area (Å²) >= 11 is 1.22. The number of Topliss-reactive ketones (excluding diaryl/α,β-unsaturated/α-hetero) is 1. The summed E-state index contributed by atoms with van der Waals surface area (Å²) in [6.07, 6.45) is 1.85. The zero-order chi connectivity index (χ0) is 23.4. The molecule has 1 saturated heterocycles. The summed E-state index contributed by atoms with van der Waals surface area (Å²) in [5.41, 5.74) is 4.26. The number of aliphatic hydroxyl groups is 1. The van der Waals surface area contributed by atoms with Gasteiger partial charge in [0.05, 0.1) is 17.3 Å². The van der Waals surface area contributed by atoms with Gasteiger partial charge in [-0.1, -0.05) is 47.2 Å². The maximum atomic E-state index is 13.3. The zero-order valence-electron chi connectivity index (χ0n) is 18.5. The van der Waals surface area contributed by atoms with Gasteiger partial charge in [-0.15, -0.1) is 10.2 Å². The van der Waals surface area contributed by atoms with Gasteiger partial charge in [0.25, 0.3) is 5.78 Å². The molecule has 4 aromatic rings. The topological polar surface area (TPSA) is 101 Å². The van der Waals surface area contributed by atoms with Crippen LogP contribution < -0.4 is 4.90 Å². The van der Waals surface area contributed by atoms with Crippen molar-refractivity contribution in [2.45, 2.75) is 33.7 Å². The van der Waals surface area contributed by atoms with E-state index in [0.717, 1.165) is 11.1 Å². The van der Waals surface area contributed by atoms with Crippen molar-refractivity contribution in [2.24, 2.45) is 0 Å². The number of imidazole rings is 1. The summed E-state index contributed by atoms with van der Waals surface area (Å²) in [7, 11) is 0. The largest absolute Gasteiger partial charge is 0.505 e. The van der Waals surface area contributed by atoms with Crippen molar-refractivity contribution in [1.82, 2.24) is 19.6 Å². The quantitative estimate of drug-likeness (QED) is 0.282. The summed E-state index contributed by atoms with van der Waals surface area (Å²) in [4.78, 5) is 32.4. The van der Waals surface area contributed by atoms with Gasteiger partial charge >= 0.3 is 5.91 Å². The van der Waals surface area contributed by atoms with E-state index in [1.54, 1.807) is 6.92 Å². The molecular weight excluding hydrogens is 438 g/mol. The number of amides is 1. The Hall–Kier alpha value is -3.85. The van der Waals surface area contributed by atoms with Crippen LogP contribution in [0.15, 0.2) is 48.2 Å². The third kappa shape index (κ3) is 3.23. The van der Waals surface area contributed by atoms with Gasteiger partial charge in [-0.25, -0.2) is 4.98 Å². The first-order valence-electron chi connectivity index (χ1n) is 10.4. The highest BCUT2D eigenvalue weighted by atomic mass is 32.1. The second-order valence-electron chi connectivity index (χ2n) is 8.11. The predicted molar refractivity (Wildman–Crippen MR) is 125 cm³/mol. The van der Waals surface area contributed by atoms with Crippen LogP contribution in [0.2, 0.25) is 0 Å². The fourth-order valence-electron chi connectivity index (χ4n) is 4.15. The molecular formula is C24H21N5O3S. The van der Waals surface area contributed by atoms with Gasteiger partial charge in [0, 0.05) is 6.20 Å². The number of benzene rings is 1. The lowest BCUT2D eigenvalue weighted by atomic mass is 9.96. The second kappa shape index (κ2) is 7.63. The first-order valence-corrected chi connectivity index (χ1v) is 11.2. The minimum atomic E-state index is -0.844. The molecule has 1 atom stereocenters. The molecule has 0 aliphatic carbocycles. The van der Waals surface area contributed by atoms with E-state index in [0.29, 0.717) is 27.0 Å². The number of aryl methyl sites for hydroxylation is 4. The van der Waals surface area contributed by atoms with Gasteiger partial charge in [-0.3, -0.25) is 14.5 Å². The van der Waals surface area contributed by atoms with E-state index >= 15 is 0 Å². The number of rotatable bonds is 3. The van der Waals surface area contributed by atoms with Crippen molar-refractivity contribution in [3.8, 4) is 0 Å². The summed E-state index contributed by atoms with van der Waals surface area (Å²) in [6.45, 7) is 7.48. The van der Waals surface area contributed by atoms with E-state index in [-0.39, 0.29) is 17.0 Å². The molecule has 0 spiro atoms. The maximum absolute atomic E-state index is 13.3. The number of aliphatic hydroxyl groups excluding tert-OH is 1. The Balaban J connectivity index is 1.77. The van der Waals surface area contributed by atoms with Gasteiger partial charge < -0.3 is 9.51 Å². The number of anilines is 1. The highest BCUT2D eigenvalue weighted by Gasteiger charge is 2.48. The molecule has 4 heterocycles. The number of fused-ring (bicyclic) bond motifs is 1. The van der Waals surface area contributed by atoms with Crippen molar-refractivity contribution in [3.63, 3.8) is 0 Å². The van der Waals surface area contributed by atoms with E-state index in [2.05, 4.69) is 15.2 Å². The van der Waals surface area contributed by atoms with Crippen LogP contribution in [-0.2, 0) is 9.59 Å². The molecule has 0 bridgehead atoms. The molecule has 0 radical (unpaired) electrons. The molecule has 1 aliphatic rings. The molecule has 1 amide bonds. The van der Waals surface area contributed by atoms with Gasteiger partial charge in [-0.05, 0) is 44.9 Å². The molecule has 9 heteroatoms. The van der Waals surface area contributed by atoms with Crippen molar-refractivity contribution in [1.29, 1.82) is 0 Å². The Morgan fingerprint density at radius 3 is 2.39 bits per heavy atom. The first-order chi connectivity index (χ1) is 15.8. The lowest BCUT2D eigenvalue weighted by Crippen LogP contribution is -2.29. The number of ketones is 1. The molecule has 33 heavy (non-hydrogen) atoms. The molecule has 1 fully saturated rings. The third-order valence-electron chi connectivity index (χ3n) is 5.87. The van der Waals surface area contributed by atoms with E-state index in [9.17, 15) is 14.7 Å². The SMILES string of the molecule is Cc1ccc(C2C(=C(O)c3nc4c(C)cccn4c3C)C(=O)C(=O)N2c2nnc(C)s2)cc1. The number of carbonyl (C=O) groups is 2. The van der Waals surface area contributed by atoms with Gasteiger partial charge in [-0.2, -0.15) is 0 Å². The minimum absolute atomic E-state index is 0.0131. The lowest BCUT2D eigenvalue weighted by molar-refractivity contribution is -0.132. The molecule has 3 aromatic heterocycles. The summed E-state index contributed by atoms with van der Waals surface area (Å²) in [6, 6.07) is 10.5. The summed E-state index contributed by atoms with van der Waals surface area (Å²) in [5, 5.41) is 20.5. The van der Waals surface area contributed by atoms with Crippen LogP contribution in [-0.4, -0.2) is 36.4 Å². The molecule has 5 rings (SSSR count). The minimum Gasteiger partial charge on any atom is -0.505 e. The van der Waals surface area contributed by atoms with Crippen LogP contribution in [0.5, 0.6) is 0 Å². The maximum Gasteiger partial charge on any atom is 0.301 e. The van der Waals surface area contributed by atoms with Gasteiger partial charge in [0.15, 0.2) is 5.76 Å². The fraction of sp³-hybridized carbons (Fsp3) is 0.208. The van der Waals surface area contributed by atoms with Crippen LogP contribution in [0.25, 0.3) is 11.4 Å². The molecule has 8 nitrogen and oxygen atoms in total. The Kier molecular flexibility index (Phi) is 4.86. The van der Waals surface area contributed by atoms with Crippen LogP contribution in [0.4, 0.5) is 5.13 Å². The Morgan fingerprint density at radius 2 is 1.76 bits per heavy atom. The molecule has 1 N–H and O–H groups in total. The van der Waals surface area contributed by atoms with Gasteiger partial charge in [0.2, 0.25) is 5.13 Å². The van der Waals surface area contributed by atoms with Crippen LogP contribution in [0.1, 0.15) is 39.1 Å². The van der Waals surface area contributed by atoms with Crippen molar-refractivity contribution in [3.05, 3.63) is 81.3 Å². The van der Waals surface area contributed by atoms with E-state index in [4.69, 9.17) is 0 Å². The van der Waals surface area contributed by atoms with Crippen LogP contribution >= 0.6 is 11.3 Å². The average Bonchev–Trinajstić information content (AvgIpc) is 3.44. The van der Waals surface area contributed by atoms with E-state index in [1.807, 2.05) is 67.8 Å². The highest BCUT2D eigenvalue weighted by molar-refractivity contribution is 7.15.